The van der Waals surface area contributed by atoms with Crippen LogP contribution in [0.15, 0.2) is 146 Å². The monoisotopic (exact) mass is 1800 g/mol. The van der Waals surface area contributed by atoms with Crippen LogP contribution in [-0.2, 0) is 51.0 Å². The Hall–Kier alpha value is -12.8. The molecule has 0 radical (unpaired) electrons. The number of H-pyrrole nitrogens is 4. The number of aliphatic carboxylic acids is 4. The number of halogens is 4. The quantitative estimate of drug-likeness (QED) is 0.0370. The number of carboxylic acids is 4. The van der Waals surface area contributed by atoms with Gasteiger partial charge >= 0.3 is 23.9 Å². The average molecular weight is 1800 g/mol. The maximum absolute atomic E-state index is 14.2. The number of nitrogens with one attached hydrogen (secondary N) is 4. The molecule has 8 aromatic heterocycles. The van der Waals surface area contributed by atoms with Crippen molar-refractivity contribution in [2.24, 2.45) is 35.5 Å². The summed E-state index contributed by atoms with van der Waals surface area (Å²) in [5, 5.41) is 75.7. The molecular formula is C105H106F4N12O12. The Labute approximate surface area is 762 Å². The first-order valence-electron chi connectivity index (χ1n) is 46.8. The summed E-state index contributed by atoms with van der Waals surface area (Å²) in [5.41, 5.74) is 24.2. The first-order valence-corrected chi connectivity index (χ1v) is 46.8. The lowest BCUT2D eigenvalue weighted by Crippen LogP contribution is -2.31. The van der Waals surface area contributed by atoms with E-state index in [4.69, 9.17) is 18.9 Å². The Morgan fingerprint density at radius 3 is 0.910 bits per heavy atom. The zero-order valence-electron chi connectivity index (χ0n) is 74.6. The van der Waals surface area contributed by atoms with Crippen LogP contribution in [0.1, 0.15) is 199 Å². The van der Waals surface area contributed by atoms with Crippen molar-refractivity contribution in [2.75, 3.05) is 52.9 Å². The smallest absolute Gasteiger partial charge is 0.306 e. The minimum Gasteiger partial charge on any atom is -0.481 e. The largest absolute Gasteiger partial charge is 0.481 e. The van der Waals surface area contributed by atoms with E-state index in [0.29, 0.717) is 117 Å². The Morgan fingerprint density at radius 1 is 0.338 bits per heavy atom. The molecule has 0 amide bonds. The number of hydrogen-bond donors (Lipinski definition) is 8. The van der Waals surface area contributed by atoms with Crippen LogP contribution >= 0.6 is 0 Å². The third-order valence-electron chi connectivity index (χ3n) is 30.2. The molecule has 12 heterocycles. The minimum atomic E-state index is -0.715. The van der Waals surface area contributed by atoms with Crippen molar-refractivity contribution in [2.45, 2.75) is 172 Å². The highest BCUT2D eigenvalue weighted by Gasteiger charge is 2.47. The maximum Gasteiger partial charge on any atom is 0.306 e. The van der Waals surface area contributed by atoms with Crippen molar-refractivity contribution in [1.29, 1.82) is 0 Å². The van der Waals surface area contributed by atoms with Gasteiger partial charge in [0.25, 0.3) is 0 Å². The molecule has 4 saturated heterocycles. The van der Waals surface area contributed by atoms with Gasteiger partial charge in [-0.05, 0) is 326 Å². The lowest BCUT2D eigenvalue weighted by atomic mass is 9.69. The summed E-state index contributed by atoms with van der Waals surface area (Å²) in [5.74, 6) is -2.68. The second-order valence-electron chi connectivity index (χ2n) is 38.4. The number of fused-ring (bicyclic) bond motifs is 8. The van der Waals surface area contributed by atoms with Gasteiger partial charge < -0.3 is 57.6 Å². The molecule has 4 aliphatic carbocycles. The van der Waals surface area contributed by atoms with Crippen LogP contribution in [0.2, 0.25) is 0 Å². The zero-order valence-corrected chi connectivity index (χ0v) is 74.6. The summed E-state index contributed by atoms with van der Waals surface area (Å²) in [6, 6.07) is 38.4. The molecule has 8 N–H and O–H groups in total. The van der Waals surface area contributed by atoms with Crippen molar-refractivity contribution in [3.8, 4) is 22.7 Å². The van der Waals surface area contributed by atoms with Gasteiger partial charge in [0.05, 0.1) is 92.6 Å². The fourth-order valence-corrected chi connectivity index (χ4v) is 22.7. The third kappa shape index (κ3) is 16.3. The Bertz CT molecular complexity index is 7000. The molecule has 8 aromatic carbocycles. The molecule has 8 fully saturated rings. The molecule has 8 aliphatic rings. The molecule has 2 unspecified atom stereocenters. The summed E-state index contributed by atoms with van der Waals surface area (Å²) in [6.07, 6.45) is 21.0. The highest BCUT2D eigenvalue weighted by atomic mass is 19.1. The van der Waals surface area contributed by atoms with Gasteiger partial charge in [-0.15, -0.1) is 0 Å². The molecule has 4 aliphatic heterocycles. The normalized spacial score (nSPS) is 21.4. The van der Waals surface area contributed by atoms with Gasteiger partial charge in [0.2, 0.25) is 0 Å². The number of aromatic nitrogens is 12. The van der Waals surface area contributed by atoms with Gasteiger partial charge in [0, 0.05) is 165 Å². The molecule has 2 atom stereocenters. The molecule has 24 rings (SSSR count). The first-order chi connectivity index (χ1) is 64.5. The Balaban J connectivity index is 0.000000107. The predicted octanol–water partition coefficient (Wildman–Crippen LogP) is 21.5. The highest BCUT2D eigenvalue weighted by Crippen LogP contribution is 2.55. The number of aryl methyl sites for hydroxylation is 4. The number of nitrogens with zero attached hydrogens (tertiary/aromatic N) is 8. The SMILES string of the molecule is Cc1cc(-n2c(C3CCOCC3)c(C3CC(C(=O)O)C3)c3cc4[nH]ncc4cc32)ccc1F.Cc1cc(-n2c(C3CCOCC3)c(C3CC(C(=O)O)C3)c3cc4[nH]ncc4cc32)ccc1F.Cc1cc(-n2c(C3CCOCC3)c(CC3CC(C(=O)O)C3)c3cc4[nH]ncc4cc32)ccc1F.Cc1cc(-n2c(C3CCOCC3)c(CC3CC3C(=O)O)c3cc4[nH]ncc4cc32)ccc1F. The fraction of sp³-hybridized carbons (Fsp3) is 0.390. The molecule has 133 heavy (non-hydrogen) atoms. The molecule has 28 heteroatoms. The van der Waals surface area contributed by atoms with Crippen molar-refractivity contribution in [3.05, 3.63) is 237 Å². The molecule has 0 spiro atoms. The molecular weight excluding hydrogens is 1700 g/mol. The summed E-state index contributed by atoms with van der Waals surface area (Å²) < 4.78 is 88.5. The van der Waals surface area contributed by atoms with Crippen molar-refractivity contribution < 1.29 is 76.1 Å². The van der Waals surface area contributed by atoms with E-state index in [1.54, 1.807) is 33.8 Å². The number of rotatable bonds is 18. The first kappa shape index (κ1) is 86.9. The lowest BCUT2D eigenvalue weighted by molar-refractivity contribution is -0.147. The fourth-order valence-electron chi connectivity index (χ4n) is 22.7. The summed E-state index contributed by atoms with van der Waals surface area (Å²) in [4.78, 5) is 46.1. The number of carboxylic acid groups (broad SMARTS) is 4. The van der Waals surface area contributed by atoms with Crippen LogP contribution in [0.25, 0.3) is 110 Å². The van der Waals surface area contributed by atoms with Crippen molar-refractivity contribution in [1.82, 2.24) is 59.1 Å². The number of ether oxygens (including phenoxy) is 4. The van der Waals surface area contributed by atoms with Gasteiger partial charge in [-0.2, -0.15) is 20.4 Å². The minimum absolute atomic E-state index is 0.146. The van der Waals surface area contributed by atoms with Gasteiger partial charge in [0.1, 0.15) is 23.3 Å². The standard InChI is InChI=1S/C27H28FN3O3.3C26H26FN3O3/c1-15-8-20(2-3-23(15)28)31-25-12-19-14-29-30-24(19)13-21(25)22(11-16-9-18(10-16)27(32)33)26(31)17-4-6-34-7-5-17;1-14-8-18(2-3-22(14)27)30-24-11-17-13-28-29-23(17)12-20(24)21(10-16-9-19(16)26(31)32)25(30)15-4-6-33-7-5-15;2*1-14-8-19(2-3-21(14)27)30-23-11-18-13-28-29-22(18)12-20(23)24(16-9-17(10-16)26(31)32)25(30)15-4-6-33-7-5-15/h2-3,8,12-14,16-18H,4-7,9-11H2,1H3,(H,29,30)(H,32,33);2-3,8,11-13,15-16,19H,4-7,9-10H2,1H3,(H,28,29)(H,31,32);2*2-3,8,11-13,15-17H,4-7,9-10H2,1H3,(H,28,29)(H,31,32). The van der Waals surface area contributed by atoms with Crippen LogP contribution < -0.4 is 0 Å². The van der Waals surface area contributed by atoms with Gasteiger partial charge in [-0.3, -0.25) is 39.6 Å². The van der Waals surface area contributed by atoms with E-state index >= 15 is 0 Å². The number of benzene rings is 8. The van der Waals surface area contributed by atoms with Crippen LogP contribution in [0.3, 0.4) is 0 Å². The summed E-state index contributed by atoms with van der Waals surface area (Å²) in [7, 11) is 0. The lowest BCUT2D eigenvalue weighted by Gasteiger charge is -2.35. The number of carbonyl (C=O) groups is 4. The van der Waals surface area contributed by atoms with Gasteiger partial charge in [-0.1, -0.05) is 0 Å². The van der Waals surface area contributed by atoms with E-state index in [1.807, 2.05) is 73.3 Å². The van der Waals surface area contributed by atoms with Crippen LogP contribution in [-0.4, -0.2) is 156 Å². The van der Waals surface area contributed by atoms with E-state index in [1.165, 1.54) is 68.6 Å². The number of aromatic amines is 4. The van der Waals surface area contributed by atoms with Crippen molar-refractivity contribution >= 4 is 111 Å². The second kappa shape index (κ2) is 35.7. The van der Waals surface area contributed by atoms with Crippen LogP contribution in [0, 0.1) is 86.5 Å². The van der Waals surface area contributed by atoms with E-state index < -0.39 is 23.9 Å². The average Bonchev–Trinajstić information content (AvgIpc) is 1.60. The van der Waals surface area contributed by atoms with E-state index in [2.05, 4.69) is 108 Å². The molecule has 686 valence electrons. The van der Waals surface area contributed by atoms with Gasteiger partial charge in [-0.25, -0.2) is 17.6 Å². The zero-order chi connectivity index (χ0) is 91.5. The molecule has 0 bridgehead atoms. The van der Waals surface area contributed by atoms with Crippen LogP contribution in [0.4, 0.5) is 17.6 Å². The maximum atomic E-state index is 14.2. The molecule has 16 aromatic rings. The van der Waals surface area contributed by atoms with Crippen LogP contribution in [0.5, 0.6) is 0 Å². The van der Waals surface area contributed by atoms with E-state index in [0.717, 1.165) is 201 Å². The summed E-state index contributed by atoms with van der Waals surface area (Å²) >= 11 is 0. The molecule has 24 nitrogen and oxygen atoms in total. The third-order valence-corrected chi connectivity index (χ3v) is 30.2. The van der Waals surface area contributed by atoms with E-state index in [-0.39, 0.29) is 64.7 Å². The molecule has 4 saturated carbocycles. The second-order valence-corrected chi connectivity index (χ2v) is 38.4. The van der Waals surface area contributed by atoms with Crippen molar-refractivity contribution in [3.63, 3.8) is 0 Å². The van der Waals surface area contributed by atoms with E-state index in [9.17, 15) is 57.2 Å². The Morgan fingerprint density at radius 2 is 0.617 bits per heavy atom. The predicted molar refractivity (Wildman–Crippen MR) is 498 cm³/mol. The highest BCUT2D eigenvalue weighted by molar-refractivity contribution is 6.03. The Kier molecular flexibility index (Phi) is 23.3. The number of hydrogen-bond acceptors (Lipinski definition) is 12. The topological polar surface area (TPSA) is 321 Å². The van der Waals surface area contributed by atoms with Gasteiger partial charge in [0.15, 0.2) is 0 Å². The summed E-state index contributed by atoms with van der Waals surface area (Å²) in [6.45, 7) is 12.9.